The van der Waals surface area contributed by atoms with Gasteiger partial charge in [0.2, 0.25) is 0 Å². The van der Waals surface area contributed by atoms with E-state index in [-0.39, 0.29) is 5.75 Å². The van der Waals surface area contributed by atoms with Gasteiger partial charge in [-0.15, -0.1) is 0 Å². The van der Waals surface area contributed by atoms with Crippen molar-refractivity contribution >= 4 is 6.09 Å². The van der Waals surface area contributed by atoms with Crippen molar-refractivity contribution in [3.8, 4) is 17.1 Å². The lowest BCUT2D eigenvalue weighted by molar-refractivity contribution is 0.0163. The minimum Gasteiger partial charge on any atom is -0.506 e. The second-order valence-corrected chi connectivity index (χ2v) is 6.26. The van der Waals surface area contributed by atoms with Gasteiger partial charge in [-0.1, -0.05) is 0 Å². The Kier molecular flexibility index (Phi) is 4.42. The van der Waals surface area contributed by atoms with Crippen LogP contribution in [0.25, 0.3) is 11.4 Å². The summed E-state index contributed by atoms with van der Waals surface area (Å²) in [6.45, 7) is 0. The smallest absolute Gasteiger partial charge is 0.407 e. The average molecular weight is 330 g/mol. The van der Waals surface area contributed by atoms with Gasteiger partial charge in [-0.05, 0) is 37.8 Å². The molecule has 2 heterocycles. The van der Waals surface area contributed by atoms with Crippen molar-refractivity contribution < 1.29 is 14.6 Å². The van der Waals surface area contributed by atoms with Crippen molar-refractivity contribution in [3.05, 3.63) is 30.4 Å². The number of ether oxygens (including phenoxy) is 1. The molecule has 0 aliphatic heterocycles. The summed E-state index contributed by atoms with van der Waals surface area (Å²) in [4.78, 5) is 20.5. The van der Waals surface area contributed by atoms with E-state index in [0.29, 0.717) is 12.1 Å². The van der Waals surface area contributed by atoms with Crippen LogP contribution in [0.5, 0.6) is 5.75 Å². The number of nitrogens with one attached hydrogen (secondary N) is 1. The van der Waals surface area contributed by atoms with Crippen molar-refractivity contribution in [2.75, 3.05) is 7.05 Å². The number of imidazole rings is 1. The van der Waals surface area contributed by atoms with Crippen molar-refractivity contribution in [1.29, 1.82) is 0 Å². The summed E-state index contributed by atoms with van der Waals surface area (Å²) in [5, 5.41) is 12.0. The van der Waals surface area contributed by atoms with Gasteiger partial charge in [0.05, 0.1) is 23.9 Å². The summed E-state index contributed by atoms with van der Waals surface area (Å²) >= 11 is 0. The van der Waals surface area contributed by atoms with Gasteiger partial charge in [-0.3, -0.25) is 4.98 Å². The number of nitrogens with zero attached hydrogens (tertiary/aromatic N) is 3. The largest absolute Gasteiger partial charge is 0.506 e. The molecule has 1 aliphatic rings. The molecular weight excluding hydrogens is 308 g/mol. The maximum absolute atomic E-state index is 11.8. The molecule has 0 radical (unpaired) electrons. The Balaban J connectivity index is 1.92. The molecule has 0 spiro atoms. The van der Waals surface area contributed by atoms with E-state index in [9.17, 15) is 9.90 Å². The van der Waals surface area contributed by atoms with Gasteiger partial charge < -0.3 is 19.7 Å². The molecule has 0 unspecified atom stereocenters. The number of amides is 1. The minimum atomic E-state index is -0.500. The van der Waals surface area contributed by atoms with E-state index in [1.807, 2.05) is 11.6 Å². The lowest BCUT2D eigenvalue weighted by atomic mass is 9.94. The molecule has 7 heteroatoms. The molecule has 1 saturated carbocycles. The zero-order chi connectivity index (χ0) is 17.2. The van der Waals surface area contributed by atoms with Crippen LogP contribution >= 0.6 is 0 Å². The first-order valence-electron chi connectivity index (χ1n) is 8.09. The van der Waals surface area contributed by atoms with Gasteiger partial charge in [-0.2, -0.15) is 0 Å². The summed E-state index contributed by atoms with van der Waals surface area (Å²) in [7, 11) is 3.50. The van der Waals surface area contributed by atoms with Gasteiger partial charge in [0.25, 0.3) is 0 Å². The van der Waals surface area contributed by atoms with Crippen LogP contribution in [0.3, 0.4) is 0 Å². The number of alkyl carbamates (subject to hydrolysis) is 1. The highest BCUT2D eigenvalue weighted by atomic mass is 16.6. The van der Waals surface area contributed by atoms with E-state index in [4.69, 9.17) is 4.74 Å². The fourth-order valence-corrected chi connectivity index (χ4v) is 3.29. The fourth-order valence-electron chi connectivity index (χ4n) is 3.29. The third-order valence-electron chi connectivity index (χ3n) is 4.57. The highest BCUT2D eigenvalue weighted by molar-refractivity contribution is 5.67. The van der Waals surface area contributed by atoms with Gasteiger partial charge in [0.1, 0.15) is 17.0 Å². The number of carbonyl (C=O) groups is 1. The number of hydrogen-bond acceptors (Lipinski definition) is 5. The average Bonchev–Trinajstić information content (AvgIpc) is 3.17. The number of pyridine rings is 1. The fraction of sp³-hybridized carbons (Fsp3) is 0.471. The molecule has 0 atom stereocenters. The molecule has 2 aromatic heterocycles. The summed E-state index contributed by atoms with van der Waals surface area (Å²) in [6.07, 6.45) is 7.10. The highest BCUT2D eigenvalue weighted by Crippen LogP contribution is 2.38. The maximum atomic E-state index is 11.8. The Morgan fingerprint density at radius 1 is 1.38 bits per heavy atom. The van der Waals surface area contributed by atoms with E-state index < -0.39 is 11.7 Å². The van der Waals surface area contributed by atoms with Crippen LogP contribution in [-0.4, -0.2) is 38.4 Å². The van der Waals surface area contributed by atoms with Crippen LogP contribution in [0.15, 0.2) is 24.7 Å². The molecule has 3 rings (SSSR count). The number of carbonyl (C=O) groups excluding carboxylic acids is 1. The number of rotatable bonds is 4. The molecule has 24 heavy (non-hydrogen) atoms. The first kappa shape index (κ1) is 16.3. The summed E-state index contributed by atoms with van der Waals surface area (Å²) in [5.41, 5.74) is 1.92. The minimum absolute atomic E-state index is 0.117. The Morgan fingerprint density at radius 3 is 2.75 bits per heavy atom. The molecule has 0 saturated heterocycles. The Bertz CT molecular complexity index is 718. The van der Waals surface area contributed by atoms with Gasteiger partial charge in [-0.25, -0.2) is 9.78 Å². The topological polar surface area (TPSA) is 89.3 Å². The number of aryl methyl sites for hydroxylation is 1. The predicted octanol–water partition coefficient (Wildman–Crippen LogP) is 2.40. The van der Waals surface area contributed by atoms with Gasteiger partial charge in [0, 0.05) is 20.5 Å². The monoisotopic (exact) mass is 330 g/mol. The molecule has 1 amide bonds. The summed E-state index contributed by atoms with van der Waals surface area (Å²) in [6, 6.07) is 3.33. The zero-order valence-corrected chi connectivity index (χ0v) is 14.0. The molecule has 1 aliphatic carbocycles. The van der Waals surface area contributed by atoms with Crippen molar-refractivity contribution in [2.45, 2.75) is 37.7 Å². The quantitative estimate of drug-likeness (QED) is 0.898. The molecule has 0 aromatic carbocycles. The summed E-state index contributed by atoms with van der Waals surface area (Å²) < 4.78 is 7.68. The third-order valence-corrected chi connectivity index (χ3v) is 4.57. The Hall–Kier alpha value is -2.57. The van der Waals surface area contributed by atoms with Crippen LogP contribution in [-0.2, 0) is 18.2 Å². The number of hydrogen-bond donors (Lipinski definition) is 2. The third kappa shape index (κ3) is 3.20. The number of aromatic nitrogens is 3. The molecule has 0 bridgehead atoms. The van der Waals surface area contributed by atoms with Crippen LogP contribution in [0, 0.1) is 0 Å². The van der Waals surface area contributed by atoms with E-state index in [1.54, 1.807) is 25.5 Å². The highest BCUT2D eigenvalue weighted by Gasteiger charge is 2.39. The van der Waals surface area contributed by atoms with Crippen LogP contribution in [0.2, 0.25) is 0 Å². The van der Waals surface area contributed by atoms with Crippen LogP contribution in [0.4, 0.5) is 4.79 Å². The molecule has 2 N–H and O–H groups in total. The Morgan fingerprint density at radius 2 is 2.12 bits per heavy atom. The SMILES string of the molecule is CNC(=O)OC1(Cc2c(-c3ccc(O)cn3)ncn2C)CCCC1. The first-order chi connectivity index (χ1) is 11.5. The van der Waals surface area contributed by atoms with Crippen LogP contribution < -0.4 is 5.32 Å². The molecule has 128 valence electrons. The lowest BCUT2D eigenvalue weighted by Crippen LogP contribution is -2.38. The molecule has 7 nitrogen and oxygen atoms in total. The maximum Gasteiger partial charge on any atom is 0.407 e. The molecule has 2 aromatic rings. The van der Waals surface area contributed by atoms with E-state index in [0.717, 1.165) is 37.1 Å². The summed E-state index contributed by atoms with van der Waals surface area (Å²) in [5.74, 6) is 0.117. The van der Waals surface area contributed by atoms with Gasteiger partial charge in [0.15, 0.2) is 0 Å². The zero-order valence-electron chi connectivity index (χ0n) is 14.0. The lowest BCUT2D eigenvalue weighted by Gasteiger charge is -2.29. The van der Waals surface area contributed by atoms with E-state index >= 15 is 0 Å². The van der Waals surface area contributed by atoms with Crippen molar-refractivity contribution in [3.63, 3.8) is 0 Å². The Labute approximate surface area is 140 Å². The standard InChI is InChI=1S/C17H22N4O3/c1-18-16(23)24-17(7-3-4-8-17)9-14-15(20-11-21(14)2)13-6-5-12(22)10-19-13/h5-6,10-11,22H,3-4,7-9H2,1-2H3,(H,18,23). The predicted molar refractivity (Wildman–Crippen MR) is 88.5 cm³/mol. The normalized spacial score (nSPS) is 16.1. The molecular formula is C17H22N4O3. The first-order valence-corrected chi connectivity index (χ1v) is 8.09. The van der Waals surface area contributed by atoms with Crippen molar-refractivity contribution in [1.82, 2.24) is 19.9 Å². The number of aromatic hydroxyl groups is 1. The van der Waals surface area contributed by atoms with E-state index in [2.05, 4.69) is 15.3 Å². The van der Waals surface area contributed by atoms with Crippen LogP contribution in [0.1, 0.15) is 31.4 Å². The van der Waals surface area contributed by atoms with Gasteiger partial charge >= 0.3 is 6.09 Å². The van der Waals surface area contributed by atoms with Crippen molar-refractivity contribution in [2.24, 2.45) is 7.05 Å². The second kappa shape index (κ2) is 6.51. The molecule has 1 fully saturated rings. The van der Waals surface area contributed by atoms with E-state index in [1.165, 1.54) is 6.20 Å². The second-order valence-electron chi connectivity index (χ2n) is 6.26.